The lowest BCUT2D eigenvalue weighted by Crippen LogP contribution is -2.27. The lowest BCUT2D eigenvalue weighted by atomic mass is 10.2. The summed E-state index contributed by atoms with van der Waals surface area (Å²) >= 11 is 0. The van der Waals surface area contributed by atoms with Gasteiger partial charge >= 0.3 is 5.97 Å². The van der Waals surface area contributed by atoms with Crippen molar-refractivity contribution in [1.29, 1.82) is 0 Å². The molecule has 0 aromatic heterocycles. The van der Waals surface area contributed by atoms with Crippen molar-refractivity contribution in [2.45, 2.75) is 25.8 Å². The van der Waals surface area contributed by atoms with E-state index in [2.05, 4.69) is 4.99 Å². The topological polar surface area (TPSA) is 102 Å². The summed E-state index contributed by atoms with van der Waals surface area (Å²) in [7, 11) is 0. The van der Waals surface area contributed by atoms with Gasteiger partial charge in [0.05, 0.1) is 5.84 Å². The third kappa shape index (κ3) is 7.30. The van der Waals surface area contributed by atoms with Gasteiger partial charge in [-0.1, -0.05) is 12.2 Å². The summed E-state index contributed by atoms with van der Waals surface area (Å²) in [6, 6.07) is -0.908. The van der Waals surface area contributed by atoms with Gasteiger partial charge in [0.25, 0.3) is 0 Å². The number of allylic oxidation sites excluding steroid dienone is 1. The maximum atomic E-state index is 10.3. The van der Waals surface area contributed by atoms with Crippen LogP contribution in [0.4, 0.5) is 0 Å². The van der Waals surface area contributed by atoms with Crippen LogP contribution in [0.1, 0.15) is 19.8 Å². The first-order valence-corrected chi connectivity index (χ1v) is 4.45. The average Bonchev–Trinajstić information content (AvgIpc) is 2.09. The number of nitrogens with two attached hydrogens (primary N) is 2. The number of nitrogens with zero attached hydrogens (tertiary/aromatic N) is 1. The Labute approximate surface area is 83.5 Å². The van der Waals surface area contributed by atoms with Gasteiger partial charge in [0, 0.05) is 6.54 Å². The van der Waals surface area contributed by atoms with Crippen LogP contribution in [-0.2, 0) is 4.79 Å². The van der Waals surface area contributed by atoms with E-state index in [-0.39, 0.29) is 0 Å². The van der Waals surface area contributed by atoms with Crippen molar-refractivity contribution in [3.63, 3.8) is 0 Å². The number of hydrogen-bond donors (Lipinski definition) is 3. The molecule has 0 fully saturated rings. The molecule has 0 bridgehead atoms. The van der Waals surface area contributed by atoms with Crippen molar-refractivity contribution in [2.24, 2.45) is 16.5 Å². The normalized spacial score (nSPS) is 14.6. The fourth-order valence-electron chi connectivity index (χ4n) is 0.790. The molecule has 5 N–H and O–H groups in total. The second kappa shape index (κ2) is 7.08. The van der Waals surface area contributed by atoms with Crippen molar-refractivity contribution < 1.29 is 9.90 Å². The van der Waals surface area contributed by atoms with Gasteiger partial charge in [-0.25, -0.2) is 0 Å². The van der Waals surface area contributed by atoms with E-state index in [1.54, 1.807) is 13.0 Å². The summed E-state index contributed by atoms with van der Waals surface area (Å²) in [5.74, 6) is -0.451. The van der Waals surface area contributed by atoms with Crippen molar-refractivity contribution in [1.82, 2.24) is 0 Å². The van der Waals surface area contributed by atoms with Crippen LogP contribution in [0.25, 0.3) is 0 Å². The van der Waals surface area contributed by atoms with Crippen LogP contribution in [0.2, 0.25) is 0 Å². The molecule has 0 amide bonds. The summed E-state index contributed by atoms with van der Waals surface area (Å²) in [6.07, 6.45) is 4.83. The average molecular weight is 199 g/mol. The second-order valence-corrected chi connectivity index (χ2v) is 2.96. The molecule has 14 heavy (non-hydrogen) atoms. The van der Waals surface area contributed by atoms with E-state index < -0.39 is 12.0 Å². The van der Waals surface area contributed by atoms with Crippen LogP contribution in [0.15, 0.2) is 17.1 Å². The first kappa shape index (κ1) is 12.6. The molecule has 0 unspecified atom stereocenters. The van der Waals surface area contributed by atoms with Gasteiger partial charge in [-0.2, -0.15) is 0 Å². The van der Waals surface area contributed by atoms with Crippen LogP contribution < -0.4 is 11.5 Å². The van der Waals surface area contributed by atoms with E-state index in [1.165, 1.54) is 6.08 Å². The highest BCUT2D eigenvalue weighted by atomic mass is 16.4. The van der Waals surface area contributed by atoms with E-state index in [4.69, 9.17) is 16.6 Å². The number of carboxylic acids is 1. The van der Waals surface area contributed by atoms with E-state index in [9.17, 15) is 4.79 Å². The minimum atomic E-state index is -1.02. The SMILES string of the molecule is CC(N)=NCCC/C=C\[C@@H](N)C(=O)O. The molecule has 5 nitrogen and oxygen atoms in total. The van der Waals surface area contributed by atoms with E-state index >= 15 is 0 Å². The number of aliphatic carboxylic acids is 1. The van der Waals surface area contributed by atoms with Crippen LogP contribution in [0, 0.1) is 0 Å². The molecule has 0 aromatic rings. The minimum Gasteiger partial charge on any atom is -0.480 e. The molecule has 5 heteroatoms. The van der Waals surface area contributed by atoms with Gasteiger partial charge in [-0.15, -0.1) is 0 Å². The molecule has 0 aliphatic carbocycles. The molecule has 0 aromatic carbocycles. The molecule has 80 valence electrons. The predicted octanol–water partition coefficient (Wildman–Crippen LogP) is 0.112. The number of carbonyl (C=O) groups is 1. The van der Waals surface area contributed by atoms with Crippen LogP contribution in [0.3, 0.4) is 0 Å². The van der Waals surface area contributed by atoms with Crippen LogP contribution in [0.5, 0.6) is 0 Å². The summed E-state index contributed by atoms with van der Waals surface area (Å²) < 4.78 is 0. The zero-order valence-electron chi connectivity index (χ0n) is 8.31. The highest BCUT2D eigenvalue weighted by Crippen LogP contribution is 1.93. The molecule has 0 saturated carbocycles. The predicted molar refractivity (Wildman–Crippen MR) is 56.1 cm³/mol. The van der Waals surface area contributed by atoms with Gasteiger partial charge in [0.1, 0.15) is 6.04 Å². The van der Waals surface area contributed by atoms with Crippen molar-refractivity contribution in [2.75, 3.05) is 6.54 Å². The number of hydrogen-bond acceptors (Lipinski definition) is 3. The van der Waals surface area contributed by atoms with Crippen LogP contribution in [-0.4, -0.2) is 29.5 Å². The van der Waals surface area contributed by atoms with Crippen molar-refractivity contribution in [3.8, 4) is 0 Å². The minimum absolute atomic E-state index is 0.566. The standard InChI is InChI=1S/C9H17N3O2/c1-7(10)12-6-4-2-3-5-8(11)9(13)14/h3,5,8H,2,4,6,11H2,1H3,(H2,10,12)(H,13,14)/b5-3-/t8-/m1/s1. The zero-order chi connectivity index (χ0) is 11.0. The van der Waals surface area contributed by atoms with Gasteiger partial charge in [0.2, 0.25) is 0 Å². The smallest absolute Gasteiger partial charge is 0.324 e. The Hall–Kier alpha value is -1.36. The highest BCUT2D eigenvalue weighted by molar-refractivity contribution is 5.77. The molecule has 0 saturated heterocycles. The first-order valence-electron chi connectivity index (χ1n) is 4.45. The molecular weight excluding hydrogens is 182 g/mol. The Morgan fingerprint density at radius 2 is 2.29 bits per heavy atom. The fourth-order valence-corrected chi connectivity index (χ4v) is 0.790. The summed E-state index contributed by atoms with van der Waals surface area (Å²) in [5, 5.41) is 8.44. The number of amidine groups is 1. The molecule has 1 atom stereocenters. The Morgan fingerprint density at radius 1 is 1.64 bits per heavy atom. The number of carboxylic acid groups (broad SMARTS) is 1. The van der Waals surface area contributed by atoms with Crippen molar-refractivity contribution >= 4 is 11.8 Å². The summed E-state index contributed by atoms with van der Waals surface area (Å²) in [5.41, 5.74) is 10.6. The Balaban J connectivity index is 3.54. The van der Waals surface area contributed by atoms with E-state index in [0.717, 1.165) is 12.8 Å². The molecule has 0 rings (SSSR count). The van der Waals surface area contributed by atoms with E-state index in [0.29, 0.717) is 12.4 Å². The fraction of sp³-hybridized carbons (Fsp3) is 0.556. The number of unbranched alkanes of at least 4 members (excludes halogenated alkanes) is 1. The van der Waals surface area contributed by atoms with Gasteiger partial charge in [-0.05, 0) is 19.8 Å². The number of aliphatic imine (C=N–C) groups is 1. The second-order valence-electron chi connectivity index (χ2n) is 2.96. The van der Waals surface area contributed by atoms with Gasteiger partial charge in [0.15, 0.2) is 0 Å². The Morgan fingerprint density at radius 3 is 2.79 bits per heavy atom. The monoisotopic (exact) mass is 199 g/mol. The lowest BCUT2D eigenvalue weighted by molar-refractivity contribution is -0.137. The maximum Gasteiger partial charge on any atom is 0.324 e. The third-order valence-electron chi connectivity index (χ3n) is 1.52. The molecule has 0 aliphatic rings. The zero-order valence-corrected chi connectivity index (χ0v) is 8.31. The maximum absolute atomic E-state index is 10.3. The van der Waals surface area contributed by atoms with E-state index in [1.807, 2.05) is 0 Å². The summed E-state index contributed by atoms with van der Waals surface area (Å²) in [4.78, 5) is 14.3. The first-order chi connectivity index (χ1) is 6.54. The van der Waals surface area contributed by atoms with Crippen molar-refractivity contribution in [3.05, 3.63) is 12.2 Å². The highest BCUT2D eigenvalue weighted by Gasteiger charge is 2.04. The Kier molecular flexibility index (Phi) is 6.39. The molecule has 0 heterocycles. The quantitative estimate of drug-likeness (QED) is 0.244. The van der Waals surface area contributed by atoms with Gasteiger partial charge in [-0.3, -0.25) is 9.79 Å². The molecule has 0 radical (unpaired) electrons. The van der Waals surface area contributed by atoms with Gasteiger partial charge < -0.3 is 16.6 Å². The molecule has 0 spiro atoms. The lowest BCUT2D eigenvalue weighted by Gasteiger charge is -1.97. The third-order valence-corrected chi connectivity index (χ3v) is 1.52. The largest absolute Gasteiger partial charge is 0.480 e. The number of rotatable bonds is 6. The van der Waals surface area contributed by atoms with Crippen LogP contribution >= 0.6 is 0 Å². The molecule has 0 aliphatic heterocycles. The summed E-state index contributed by atoms with van der Waals surface area (Å²) in [6.45, 7) is 2.39. The molecular formula is C9H17N3O2. The Bertz CT molecular complexity index is 232.